The fourth-order valence-corrected chi connectivity index (χ4v) is 2.72. The highest BCUT2D eigenvalue weighted by molar-refractivity contribution is 6.30. The van der Waals surface area contributed by atoms with E-state index >= 15 is 0 Å². The molecule has 0 aromatic heterocycles. The molecule has 1 aromatic rings. The molecular formula is C14H21ClN2O. The van der Waals surface area contributed by atoms with Crippen LogP contribution in [-0.2, 0) is 6.54 Å². The van der Waals surface area contributed by atoms with Crippen LogP contribution in [0.3, 0.4) is 0 Å². The number of hydrogen-bond donors (Lipinski definition) is 1. The molecule has 1 heterocycles. The van der Waals surface area contributed by atoms with Gasteiger partial charge in [0.15, 0.2) is 0 Å². The van der Waals surface area contributed by atoms with Crippen molar-refractivity contribution >= 4 is 11.6 Å². The van der Waals surface area contributed by atoms with Crippen molar-refractivity contribution in [2.75, 3.05) is 26.2 Å². The average molecular weight is 269 g/mol. The number of likely N-dealkylation sites (tertiary alicyclic amines) is 1. The number of rotatable bonds is 5. The van der Waals surface area contributed by atoms with Crippen molar-refractivity contribution in [3.63, 3.8) is 0 Å². The Kier molecular flexibility index (Phi) is 4.87. The molecule has 1 saturated heterocycles. The number of benzene rings is 1. The Balaban J connectivity index is 2.00. The minimum absolute atomic E-state index is 0.649. The molecule has 1 atom stereocenters. The first kappa shape index (κ1) is 13.7. The number of halogens is 1. The minimum atomic E-state index is 0.649. The summed E-state index contributed by atoms with van der Waals surface area (Å²) in [6.07, 6.45) is 1.20. The summed E-state index contributed by atoms with van der Waals surface area (Å²) in [4.78, 5) is 2.43. The molecule has 100 valence electrons. The lowest BCUT2D eigenvalue weighted by Crippen LogP contribution is -2.22. The third-order valence-corrected chi connectivity index (χ3v) is 3.57. The van der Waals surface area contributed by atoms with E-state index in [0.29, 0.717) is 12.5 Å². The molecule has 4 heteroatoms. The van der Waals surface area contributed by atoms with Gasteiger partial charge in [-0.05, 0) is 56.1 Å². The molecule has 1 aliphatic heterocycles. The van der Waals surface area contributed by atoms with Crippen LogP contribution < -0.4 is 10.5 Å². The van der Waals surface area contributed by atoms with Gasteiger partial charge in [-0.15, -0.1) is 0 Å². The number of nitrogens with zero attached hydrogens (tertiary/aromatic N) is 1. The van der Waals surface area contributed by atoms with Gasteiger partial charge in [0.2, 0.25) is 0 Å². The van der Waals surface area contributed by atoms with Crippen LogP contribution in [0, 0.1) is 5.92 Å². The maximum absolute atomic E-state index is 6.11. The lowest BCUT2D eigenvalue weighted by atomic mass is 10.1. The average Bonchev–Trinajstić information content (AvgIpc) is 2.76. The van der Waals surface area contributed by atoms with Crippen molar-refractivity contribution < 1.29 is 4.74 Å². The predicted molar refractivity (Wildman–Crippen MR) is 75.1 cm³/mol. The summed E-state index contributed by atoms with van der Waals surface area (Å²) in [5.74, 6) is 1.50. The van der Waals surface area contributed by atoms with Crippen LogP contribution in [0.15, 0.2) is 18.2 Å². The Morgan fingerprint density at radius 2 is 2.28 bits per heavy atom. The number of nitrogens with two attached hydrogens (primary N) is 1. The molecule has 1 aliphatic rings. The van der Waals surface area contributed by atoms with Crippen LogP contribution in [-0.4, -0.2) is 31.1 Å². The summed E-state index contributed by atoms with van der Waals surface area (Å²) in [6.45, 7) is 6.57. The summed E-state index contributed by atoms with van der Waals surface area (Å²) in [7, 11) is 0. The summed E-state index contributed by atoms with van der Waals surface area (Å²) in [5, 5.41) is 0.741. The second-order valence-corrected chi connectivity index (χ2v) is 5.29. The Morgan fingerprint density at radius 3 is 2.94 bits per heavy atom. The standard InChI is InChI=1S/C14H21ClN2O/c1-2-18-14-6-12(5-13(15)7-14)10-17-4-3-11(8-16)9-17/h5-7,11H,2-4,8-10,16H2,1H3/t11-/m0/s1. The summed E-state index contributed by atoms with van der Waals surface area (Å²) in [6, 6.07) is 5.95. The molecule has 18 heavy (non-hydrogen) atoms. The van der Waals surface area contributed by atoms with E-state index in [9.17, 15) is 0 Å². The zero-order chi connectivity index (χ0) is 13.0. The Bertz CT molecular complexity index is 397. The monoisotopic (exact) mass is 268 g/mol. The molecule has 3 nitrogen and oxygen atoms in total. The Hall–Kier alpha value is -0.770. The molecular weight excluding hydrogens is 248 g/mol. The van der Waals surface area contributed by atoms with E-state index in [4.69, 9.17) is 22.1 Å². The second-order valence-electron chi connectivity index (χ2n) is 4.85. The van der Waals surface area contributed by atoms with E-state index in [1.165, 1.54) is 12.0 Å². The Labute approximate surface area is 114 Å². The van der Waals surface area contributed by atoms with Gasteiger partial charge in [0.25, 0.3) is 0 Å². The third kappa shape index (κ3) is 3.61. The highest BCUT2D eigenvalue weighted by Crippen LogP contribution is 2.24. The molecule has 0 aliphatic carbocycles. The van der Waals surface area contributed by atoms with Crippen molar-refractivity contribution in [2.24, 2.45) is 11.7 Å². The third-order valence-electron chi connectivity index (χ3n) is 3.35. The van der Waals surface area contributed by atoms with Crippen molar-refractivity contribution in [1.29, 1.82) is 0 Å². The fourth-order valence-electron chi connectivity index (χ4n) is 2.47. The highest BCUT2D eigenvalue weighted by Gasteiger charge is 2.21. The van der Waals surface area contributed by atoms with Gasteiger partial charge in [0.1, 0.15) is 5.75 Å². The van der Waals surface area contributed by atoms with Crippen LogP contribution in [0.4, 0.5) is 0 Å². The van der Waals surface area contributed by atoms with Crippen LogP contribution in [0.25, 0.3) is 0 Å². The van der Waals surface area contributed by atoms with Gasteiger partial charge < -0.3 is 10.5 Å². The molecule has 0 radical (unpaired) electrons. The molecule has 1 fully saturated rings. The van der Waals surface area contributed by atoms with Gasteiger partial charge in [0.05, 0.1) is 6.61 Å². The maximum Gasteiger partial charge on any atom is 0.121 e. The van der Waals surface area contributed by atoms with E-state index < -0.39 is 0 Å². The smallest absolute Gasteiger partial charge is 0.121 e. The lowest BCUT2D eigenvalue weighted by Gasteiger charge is -2.16. The van der Waals surface area contributed by atoms with E-state index in [1.54, 1.807) is 0 Å². The van der Waals surface area contributed by atoms with E-state index in [-0.39, 0.29) is 0 Å². The topological polar surface area (TPSA) is 38.5 Å². The molecule has 0 bridgehead atoms. The highest BCUT2D eigenvalue weighted by atomic mass is 35.5. The minimum Gasteiger partial charge on any atom is -0.494 e. The summed E-state index contributed by atoms with van der Waals surface area (Å²) in [5.41, 5.74) is 6.92. The molecule has 0 spiro atoms. The first-order valence-electron chi connectivity index (χ1n) is 6.56. The van der Waals surface area contributed by atoms with Crippen LogP contribution in [0.2, 0.25) is 5.02 Å². The van der Waals surface area contributed by atoms with Gasteiger partial charge in [0, 0.05) is 18.1 Å². The van der Waals surface area contributed by atoms with Gasteiger partial charge in [-0.3, -0.25) is 4.90 Å². The van der Waals surface area contributed by atoms with Crippen LogP contribution in [0.5, 0.6) is 5.75 Å². The molecule has 2 N–H and O–H groups in total. The fraction of sp³-hybridized carbons (Fsp3) is 0.571. The molecule has 1 aromatic carbocycles. The molecule has 2 rings (SSSR count). The van der Waals surface area contributed by atoms with Crippen molar-refractivity contribution in [3.8, 4) is 5.75 Å². The number of ether oxygens (including phenoxy) is 1. The zero-order valence-electron chi connectivity index (χ0n) is 10.9. The summed E-state index contributed by atoms with van der Waals surface area (Å²) >= 11 is 6.11. The first-order valence-corrected chi connectivity index (χ1v) is 6.93. The van der Waals surface area contributed by atoms with E-state index in [2.05, 4.69) is 11.0 Å². The molecule has 0 amide bonds. The first-order chi connectivity index (χ1) is 8.71. The van der Waals surface area contributed by atoms with Gasteiger partial charge in [-0.1, -0.05) is 11.6 Å². The molecule has 0 unspecified atom stereocenters. The van der Waals surface area contributed by atoms with Gasteiger partial charge >= 0.3 is 0 Å². The molecule has 0 saturated carbocycles. The maximum atomic E-state index is 6.11. The van der Waals surface area contributed by atoms with Crippen LogP contribution in [0.1, 0.15) is 18.9 Å². The summed E-state index contributed by atoms with van der Waals surface area (Å²) < 4.78 is 5.51. The lowest BCUT2D eigenvalue weighted by molar-refractivity contribution is 0.314. The van der Waals surface area contributed by atoms with Gasteiger partial charge in [-0.2, -0.15) is 0 Å². The zero-order valence-corrected chi connectivity index (χ0v) is 11.6. The number of hydrogen-bond acceptors (Lipinski definition) is 3. The largest absolute Gasteiger partial charge is 0.494 e. The van der Waals surface area contributed by atoms with Crippen molar-refractivity contribution in [1.82, 2.24) is 4.90 Å². The van der Waals surface area contributed by atoms with Crippen molar-refractivity contribution in [2.45, 2.75) is 19.9 Å². The van der Waals surface area contributed by atoms with Crippen molar-refractivity contribution in [3.05, 3.63) is 28.8 Å². The van der Waals surface area contributed by atoms with E-state index in [0.717, 1.165) is 37.0 Å². The quantitative estimate of drug-likeness (QED) is 0.892. The normalized spacial score (nSPS) is 20.3. The predicted octanol–water partition coefficient (Wildman–Crippen LogP) is 2.52. The van der Waals surface area contributed by atoms with Crippen LogP contribution >= 0.6 is 11.6 Å². The SMILES string of the molecule is CCOc1cc(Cl)cc(CN2CC[C@@H](CN)C2)c1. The second kappa shape index (κ2) is 6.41. The van der Waals surface area contributed by atoms with E-state index in [1.807, 2.05) is 19.1 Å². The Morgan fingerprint density at radius 1 is 1.44 bits per heavy atom. The van der Waals surface area contributed by atoms with Gasteiger partial charge in [-0.25, -0.2) is 0 Å².